The zero-order valence-corrected chi connectivity index (χ0v) is 16.3. The average Bonchev–Trinajstić information content (AvgIpc) is 3.44. The molecule has 0 saturated heterocycles. The average molecular weight is 400 g/mol. The first-order valence-electron chi connectivity index (χ1n) is 8.46. The Morgan fingerprint density at radius 1 is 1.26 bits per heavy atom. The fourth-order valence-corrected chi connectivity index (χ4v) is 3.70. The Hall–Kier alpha value is -2.17. The number of sulfonamides is 1. The molecule has 0 unspecified atom stereocenters. The van der Waals surface area contributed by atoms with Crippen LogP contribution in [0.2, 0.25) is 0 Å². The van der Waals surface area contributed by atoms with Crippen molar-refractivity contribution in [3.8, 4) is 5.75 Å². The number of carbonyl (C=O) groups excluding carboxylic acids is 2. The van der Waals surface area contributed by atoms with Gasteiger partial charge in [0.2, 0.25) is 10.0 Å². The van der Waals surface area contributed by atoms with Crippen molar-refractivity contribution in [1.82, 2.24) is 10.0 Å². The maximum absolute atomic E-state index is 12.5. The van der Waals surface area contributed by atoms with Crippen LogP contribution in [0.15, 0.2) is 23.1 Å². The van der Waals surface area contributed by atoms with Crippen LogP contribution in [-0.4, -0.2) is 59.8 Å². The van der Waals surface area contributed by atoms with Crippen LogP contribution in [0, 0.1) is 0 Å². The van der Waals surface area contributed by atoms with Crippen LogP contribution in [0.5, 0.6) is 5.75 Å². The van der Waals surface area contributed by atoms with E-state index in [0.717, 1.165) is 12.8 Å². The number of esters is 1. The summed E-state index contributed by atoms with van der Waals surface area (Å²) in [6, 6.07) is 3.85. The van der Waals surface area contributed by atoms with Crippen molar-refractivity contribution in [2.45, 2.75) is 36.8 Å². The minimum atomic E-state index is -3.83. The SMILES string of the molecule is COCCNC(=O)[C@@H](C)OC(=O)c1ccc(OC)c(S(=O)(=O)NC2CC2)c1. The molecule has 0 spiro atoms. The number of ether oxygens (including phenoxy) is 3. The van der Waals surface area contributed by atoms with Crippen molar-refractivity contribution < 1.29 is 32.2 Å². The number of carbonyl (C=O) groups is 2. The predicted molar refractivity (Wildman–Crippen MR) is 96.1 cm³/mol. The minimum Gasteiger partial charge on any atom is -0.495 e. The number of amides is 1. The topological polar surface area (TPSA) is 120 Å². The standard InChI is InChI=1S/C17H24N2O7S/c1-11(16(20)18-8-9-24-2)26-17(21)12-4-7-14(25-3)15(10-12)27(22,23)19-13-5-6-13/h4,7,10-11,13,19H,5-6,8-9H2,1-3H3,(H,18,20)/t11-/m1/s1. The quantitative estimate of drug-likeness (QED) is 0.432. The second-order valence-electron chi connectivity index (χ2n) is 6.09. The molecule has 1 atom stereocenters. The molecular weight excluding hydrogens is 376 g/mol. The van der Waals surface area contributed by atoms with Crippen LogP contribution in [-0.2, 0) is 24.3 Å². The van der Waals surface area contributed by atoms with Crippen molar-refractivity contribution in [1.29, 1.82) is 0 Å². The maximum atomic E-state index is 12.5. The van der Waals surface area contributed by atoms with E-state index < -0.39 is 28.0 Å². The Labute approximate surface area is 158 Å². The van der Waals surface area contributed by atoms with Crippen LogP contribution in [0.1, 0.15) is 30.1 Å². The molecule has 2 N–H and O–H groups in total. The van der Waals surface area contributed by atoms with Crippen LogP contribution >= 0.6 is 0 Å². The Balaban J connectivity index is 2.12. The summed E-state index contributed by atoms with van der Waals surface area (Å²) in [6.07, 6.45) is 0.513. The molecular formula is C17H24N2O7S. The monoisotopic (exact) mass is 400 g/mol. The van der Waals surface area contributed by atoms with E-state index in [-0.39, 0.29) is 28.8 Å². The van der Waals surface area contributed by atoms with Gasteiger partial charge in [-0.3, -0.25) is 4.79 Å². The second-order valence-corrected chi connectivity index (χ2v) is 7.77. The molecule has 27 heavy (non-hydrogen) atoms. The molecule has 2 rings (SSSR count). The molecule has 1 aromatic rings. The molecule has 0 bridgehead atoms. The molecule has 1 fully saturated rings. The summed E-state index contributed by atoms with van der Waals surface area (Å²) < 4.78 is 42.6. The Bertz CT molecular complexity index is 790. The summed E-state index contributed by atoms with van der Waals surface area (Å²) >= 11 is 0. The zero-order valence-electron chi connectivity index (χ0n) is 15.5. The van der Waals surface area contributed by atoms with Gasteiger partial charge in [-0.2, -0.15) is 0 Å². The molecule has 150 valence electrons. The van der Waals surface area contributed by atoms with E-state index in [9.17, 15) is 18.0 Å². The highest BCUT2D eigenvalue weighted by atomic mass is 32.2. The third-order valence-electron chi connectivity index (χ3n) is 3.85. The van der Waals surface area contributed by atoms with E-state index in [4.69, 9.17) is 14.2 Å². The fourth-order valence-electron chi connectivity index (χ4n) is 2.20. The second kappa shape index (κ2) is 9.16. The number of hydrogen-bond acceptors (Lipinski definition) is 7. The van der Waals surface area contributed by atoms with Gasteiger partial charge >= 0.3 is 5.97 Å². The highest BCUT2D eigenvalue weighted by Crippen LogP contribution is 2.28. The van der Waals surface area contributed by atoms with Crippen molar-refractivity contribution in [2.75, 3.05) is 27.4 Å². The van der Waals surface area contributed by atoms with E-state index >= 15 is 0 Å². The molecule has 9 nitrogen and oxygen atoms in total. The van der Waals surface area contributed by atoms with Gasteiger partial charge in [-0.15, -0.1) is 0 Å². The van der Waals surface area contributed by atoms with Gasteiger partial charge in [0.1, 0.15) is 10.6 Å². The number of benzene rings is 1. The number of hydrogen-bond donors (Lipinski definition) is 2. The summed E-state index contributed by atoms with van der Waals surface area (Å²) in [4.78, 5) is 24.0. The van der Waals surface area contributed by atoms with Gasteiger partial charge in [0.25, 0.3) is 5.91 Å². The van der Waals surface area contributed by atoms with Gasteiger partial charge in [-0.25, -0.2) is 17.9 Å². The molecule has 0 aliphatic heterocycles. The number of nitrogens with one attached hydrogen (secondary N) is 2. The van der Waals surface area contributed by atoms with Gasteiger partial charge < -0.3 is 19.5 Å². The lowest BCUT2D eigenvalue weighted by Crippen LogP contribution is -2.37. The maximum Gasteiger partial charge on any atom is 0.338 e. The first-order chi connectivity index (χ1) is 12.8. The lowest BCUT2D eigenvalue weighted by Gasteiger charge is -2.15. The normalized spacial score (nSPS) is 15.1. The first-order valence-corrected chi connectivity index (χ1v) is 9.94. The van der Waals surface area contributed by atoms with Crippen molar-refractivity contribution in [3.05, 3.63) is 23.8 Å². The van der Waals surface area contributed by atoms with E-state index in [2.05, 4.69) is 10.0 Å². The molecule has 10 heteroatoms. The third kappa shape index (κ3) is 5.91. The molecule has 1 aliphatic rings. The van der Waals surface area contributed by atoms with E-state index in [1.54, 1.807) is 0 Å². The minimum absolute atomic E-state index is 0.00325. The third-order valence-corrected chi connectivity index (χ3v) is 5.39. The lowest BCUT2D eigenvalue weighted by molar-refractivity contribution is -0.129. The Morgan fingerprint density at radius 2 is 1.96 bits per heavy atom. The fraction of sp³-hybridized carbons (Fsp3) is 0.529. The predicted octanol–water partition coefficient (Wildman–Crippen LogP) is 0.444. The molecule has 0 heterocycles. The van der Waals surface area contributed by atoms with E-state index in [1.165, 1.54) is 39.3 Å². The molecule has 0 aromatic heterocycles. The highest BCUT2D eigenvalue weighted by Gasteiger charge is 2.30. The van der Waals surface area contributed by atoms with Crippen LogP contribution in [0.3, 0.4) is 0 Å². The van der Waals surface area contributed by atoms with Crippen LogP contribution in [0.4, 0.5) is 0 Å². The number of rotatable bonds is 10. The van der Waals surface area contributed by atoms with E-state index in [1.807, 2.05) is 0 Å². The molecule has 1 aliphatic carbocycles. The molecule has 0 radical (unpaired) electrons. The van der Waals surface area contributed by atoms with Crippen molar-refractivity contribution in [3.63, 3.8) is 0 Å². The van der Waals surface area contributed by atoms with Crippen LogP contribution in [0.25, 0.3) is 0 Å². The summed E-state index contributed by atoms with van der Waals surface area (Å²) in [7, 11) is -0.985. The van der Waals surface area contributed by atoms with Gasteiger partial charge in [0, 0.05) is 19.7 Å². The van der Waals surface area contributed by atoms with Gasteiger partial charge in [-0.05, 0) is 38.0 Å². The Kier molecular flexibility index (Phi) is 7.17. The summed E-state index contributed by atoms with van der Waals surface area (Å²) in [5.74, 6) is -1.17. The molecule has 1 saturated carbocycles. The summed E-state index contributed by atoms with van der Waals surface area (Å²) in [6.45, 7) is 2.05. The smallest absolute Gasteiger partial charge is 0.338 e. The first kappa shape index (κ1) is 21.1. The van der Waals surface area contributed by atoms with Crippen LogP contribution < -0.4 is 14.8 Å². The van der Waals surface area contributed by atoms with Gasteiger partial charge in [0.15, 0.2) is 6.10 Å². The zero-order chi connectivity index (χ0) is 20.0. The summed E-state index contributed by atoms with van der Waals surface area (Å²) in [5, 5.41) is 2.56. The lowest BCUT2D eigenvalue weighted by atomic mass is 10.2. The van der Waals surface area contributed by atoms with Gasteiger partial charge in [-0.1, -0.05) is 0 Å². The largest absolute Gasteiger partial charge is 0.495 e. The van der Waals surface area contributed by atoms with Gasteiger partial charge in [0.05, 0.1) is 19.3 Å². The number of methoxy groups -OCH3 is 2. The van der Waals surface area contributed by atoms with Crippen molar-refractivity contribution >= 4 is 21.9 Å². The highest BCUT2D eigenvalue weighted by molar-refractivity contribution is 7.89. The summed E-state index contributed by atoms with van der Waals surface area (Å²) in [5.41, 5.74) is 0.00325. The van der Waals surface area contributed by atoms with Crippen molar-refractivity contribution in [2.24, 2.45) is 0 Å². The molecule has 1 aromatic carbocycles. The van der Waals surface area contributed by atoms with E-state index in [0.29, 0.717) is 6.61 Å². The Morgan fingerprint density at radius 3 is 2.56 bits per heavy atom. The molecule has 1 amide bonds.